The van der Waals surface area contributed by atoms with Crippen LogP contribution in [0.15, 0.2) is 24.3 Å². The van der Waals surface area contributed by atoms with E-state index in [0.717, 1.165) is 6.42 Å². The minimum Gasteiger partial charge on any atom is -0.373 e. The fraction of sp³-hybridized carbons (Fsp3) is 0.364. The van der Waals surface area contributed by atoms with Gasteiger partial charge in [0.15, 0.2) is 0 Å². The molecule has 1 atom stereocenters. The van der Waals surface area contributed by atoms with Crippen molar-refractivity contribution in [1.82, 2.24) is 0 Å². The molecule has 0 aromatic heterocycles. The van der Waals surface area contributed by atoms with Crippen molar-refractivity contribution in [2.24, 2.45) is 0 Å². The Morgan fingerprint density at radius 3 is 2.86 bits per heavy atom. The zero-order chi connectivity index (χ0) is 9.97. The van der Waals surface area contributed by atoms with Crippen molar-refractivity contribution in [3.63, 3.8) is 0 Å². The minimum atomic E-state index is -0.325. The van der Waals surface area contributed by atoms with E-state index in [4.69, 9.17) is 16.3 Å². The Hall–Kier alpha value is -0.860. The quantitative estimate of drug-likeness (QED) is 0.701. The second-order valence-corrected chi connectivity index (χ2v) is 3.89. The normalized spacial score (nSPS) is 20.2. The maximum atomic E-state index is 10.7. The number of fused-ring (bicyclic) bond motifs is 1. The highest BCUT2D eigenvalue weighted by atomic mass is 35.5. The monoisotopic (exact) mass is 210 g/mol. The van der Waals surface area contributed by atoms with Crippen LogP contribution in [0.4, 0.5) is 0 Å². The highest BCUT2D eigenvalue weighted by molar-refractivity contribution is 6.63. The number of halogens is 1. The molecule has 0 spiro atoms. The van der Waals surface area contributed by atoms with Gasteiger partial charge in [0.25, 0.3) is 0 Å². The van der Waals surface area contributed by atoms with Crippen LogP contribution in [0.3, 0.4) is 0 Å². The smallest absolute Gasteiger partial charge is 0.224 e. The third-order valence-corrected chi connectivity index (χ3v) is 2.58. The average Bonchev–Trinajstić information content (AvgIpc) is 2.17. The van der Waals surface area contributed by atoms with Crippen molar-refractivity contribution in [2.45, 2.75) is 25.6 Å². The van der Waals surface area contributed by atoms with Gasteiger partial charge in [-0.2, -0.15) is 0 Å². The maximum Gasteiger partial charge on any atom is 0.224 e. The number of benzene rings is 1. The maximum absolute atomic E-state index is 10.7. The second-order valence-electron chi connectivity index (χ2n) is 3.47. The first-order chi connectivity index (χ1) is 6.75. The van der Waals surface area contributed by atoms with Crippen LogP contribution in [-0.4, -0.2) is 11.3 Å². The van der Waals surface area contributed by atoms with E-state index in [1.165, 1.54) is 11.1 Å². The van der Waals surface area contributed by atoms with Gasteiger partial charge in [-0.1, -0.05) is 24.3 Å². The van der Waals surface area contributed by atoms with Crippen LogP contribution in [0, 0.1) is 0 Å². The predicted octanol–water partition coefficient (Wildman–Crippen LogP) is 2.28. The lowest BCUT2D eigenvalue weighted by molar-refractivity contribution is -0.114. The molecule has 1 aliphatic heterocycles. The third kappa shape index (κ3) is 2.14. The molecule has 2 nitrogen and oxygen atoms in total. The Kier molecular flexibility index (Phi) is 2.85. The van der Waals surface area contributed by atoms with E-state index in [2.05, 4.69) is 6.07 Å². The molecular formula is C11H11ClO2. The molecule has 1 unspecified atom stereocenters. The van der Waals surface area contributed by atoms with Crippen LogP contribution in [0.5, 0.6) is 0 Å². The Balaban J connectivity index is 2.09. The summed E-state index contributed by atoms with van der Waals surface area (Å²) in [6.45, 7) is 0.588. The first kappa shape index (κ1) is 9.69. The molecule has 2 rings (SSSR count). The van der Waals surface area contributed by atoms with E-state index in [-0.39, 0.29) is 11.3 Å². The van der Waals surface area contributed by atoms with Crippen molar-refractivity contribution in [3.05, 3.63) is 35.4 Å². The number of ether oxygens (including phenoxy) is 1. The summed E-state index contributed by atoms with van der Waals surface area (Å²) in [5.41, 5.74) is 2.48. The van der Waals surface area contributed by atoms with Crippen LogP contribution in [0.1, 0.15) is 17.5 Å². The Morgan fingerprint density at radius 2 is 2.14 bits per heavy atom. The summed E-state index contributed by atoms with van der Waals surface area (Å²) in [4.78, 5) is 10.7. The number of hydrogen-bond donors (Lipinski definition) is 0. The summed E-state index contributed by atoms with van der Waals surface area (Å²) in [5, 5.41) is -0.325. The molecule has 1 aromatic carbocycles. The molecule has 0 saturated heterocycles. The Labute approximate surface area is 87.8 Å². The molecule has 1 aliphatic rings. The highest BCUT2D eigenvalue weighted by Gasteiger charge is 2.20. The van der Waals surface area contributed by atoms with Gasteiger partial charge in [-0.15, -0.1) is 0 Å². The highest BCUT2D eigenvalue weighted by Crippen LogP contribution is 2.22. The second kappa shape index (κ2) is 4.11. The van der Waals surface area contributed by atoms with Gasteiger partial charge in [-0.05, 0) is 29.1 Å². The molecule has 0 saturated carbocycles. The van der Waals surface area contributed by atoms with Gasteiger partial charge in [0.2, 0.25) is 5.24 Å². The number of carbonyl (C=O) groups is 1. The van der Waals surface area contributed by atoms with Crippen LogP contribution in [0.2, 0.25) is 0 Å². The van der Waals surface area contributed by atoms with Crippen LogP contribution < -0.4 is 0 Å². The first-order valence-electron chi connectivity index (χ1n) is 4.62. The lowest BCUT2D eigenvalue weighted by Crippen LogP contribution is -2.23. The van der Waals surface area contributed by atoms with Gasteiger partial charge < -0.3 is 4.74 Å². The SMILES string of the molecule is O=C(Cl)CC1Cc2ccccc2CO1. The molecule has 0 aliphatic carbocycles. The topological polar surface area (TPSA) is 26.3 Å². The molecule has 0 fully saturated rings. The van der Waals surface area contributed by atoms with Gasteiger partial charge in [0.05, 0.1) is 12.7 Å². The van der Waals surface area contributed by atoms with Crippen molar-refractivity contribution in [1.29, 1.82) is 0 Å². The lowest BCUT2D eigenvalue weighted by Gasteiger charge is -2.23. The average molecular weight is 211 g/mol. The van der Waals surface area contributed by atoms with Crippen molar-refractivity contribution in [2.75, 3.05) is 0 Å². The standard InChI is InChI=1S/C11H11ClO2/c12-11(13)6-10-5-8-3-1-2-4-9(8)7-14-10/h1-4,10H,5-7H2. The first-order valence-corrected chi connectivity index (χ1v) is 5.00. The molecule has 0 radical (unpaired) electrons. The number of hydrogen-bond acceptors (Lipinski definition) is 2. The third-order valence-electron chi connectivity index (χ3n) is 2.43. The Bertz CT molecular complexity index is 349. The minimum absolute atomic E-state index is 0.0464. The molecule has 1 heterocycles. The van der Waals surface area contributed by atoms with E-state index in [1.54, 1.807) is 0 Å². The molecule has 3 heteroatoms. The van der Waals surface area contributed by atoms with Gasteiger partial charge in [0.1, 0.15) is 0 Å². The van der Waals surface area contributed by atoms with E-state index in [0.29, 0.717) is 13.0 Å². The van der Waals surface area contributed by atoms with Gasteiger partial charge >= 0.3 is 0 Å². The summed E-state index contributed by atoms with van der Waals surface area (Å²) in [7, 11) is 0. The van der Waals surface area contributed by atoms with E-state index < -0.39 is 0 Å². The zero-order valence-corrected chi connectivity index (χ0v) is 8.46. The summed E-state index contributed by atoms with van der Waals surface area (Å²) in [5.74, 6) is 0. The largest absolute Gasteiger partial charge is 0.373 e. The Morgan fingerprint density at radius 1 is 1.43 bits per heavy atom. The van der Waals surface area contributed by atoms with E-state index >= 15 is 0 Å². The summed E-state index contributed by atoms with van der Waals surface area (Å²) in [6, 6.07) is 8.12. The number of carbonyl (C=O) groups excluding carboxylic acids is 1. The molecular weight excluding hydrogens is 200 g/mol. The molecule has 0 N–H and O–H groups in total. The zero-order valence-electron chi connectivity index (χ0n) is 7.70. The molecule has 0 amide bonds. The predicted molar refractivity (Wildman–Crippen MR) is 54.2 cm³/mol. The van der Waals surface area contributed by atoms with Crippen molar-refractivity contribution in [3.8, 4) is 0 Å². The lowest BCUT2D eigenvalue weighted by atomic mass is 9.98. The molecule has 74 valence electrons. The fourth-order valence-corrected chi connectivity index (χ4v) is 1.89. The van der Waals surface area contributed by atoms with Crippen LogP contribution in [-0.2, 0) is 22.6 Å². The van der Waals surface area contributed by atoms with E-state index in [1.807, 2.05) is 18.2 Å². The van der Waals surface area contributed by atoms with Crippen molar-refractivity contribution >= 4 is 16.8 Å². The van der Waals surface area contributed by atoms with E-state index in [9.17, 15) is 4.79 Å². The molecule has 0 bridgehead atoms. The number of rotatable bonds is 2. The van der Waals surface area contributed by atoms with Gasteiger partial charge in [0, 0.05) is 6.42 Å². The van der Waals surface area contributed by atoms with Gasteiger partial charge in [-0.3, -0.25) is 4.79 Å². The van der Waals surface area contributed by atoms with Crippen LogP contribution in [0.25, 0.3) is 0 Å². The summed E-state index contributed by atoms with van der Waals surface area (Å²) >= 11 is 5.32. The molecule has 1 aromatic rings. The van der Waals surface area contributed by atoms with Gasteiger partial charge in [-0.25, -0.2) is 0 Å². The van der Waals surface area contributed by atoms with Crippen LogP contribution >= 0.6 is 11.6 Å². The fourth-order valence-electron chi connectivity index (χ4n) is 1.72. The summed E-state index contributed by atoms with van der Waals surface area (Å²) in [6.07, 6.45) is 1.04. The van der Waals surface area contributed by atoms with Crippen molar-refractivity contribution < 1.29 is 9.53 Å². The molecule has 14 heavy (non-hydrogen) atoms. The summed E-state index contributed by atoms with van der Waals surface area (Å²) < 4.78 is 5.51.